The van der Waals surface area contributed by atoms with Crippen molar-refractivity contribution in [3.63, 3.8) is 0 Å². The van der Waals surface area contributed by atoms with Crippen molar-refractivity contribution in [2.75, 3.05) is 0 Å². The standard InChI is InChI=1S/C5H8OS/c6-3-1-4-5(2-3)7-4/h3-6H,1-2H2. The molecule has 2 aliphatic rings. The third kappa shape index (κ3) is 0.572. The molecule has 1 aliphatic heterocycles. The van der Waals surface area contributed by atoms with Gasteiger partial charge in [0.2, 0.25) is 0 Å². The molecule has 0 radical (unpaired) electrons. The van der Waals surface area contributed by atoms with Gasteiger partial charge >= 0.3 is 0 Å². The fourth-order valence-corrected chi connectivity index (χ4v) is 2.47. The van der Waals surface area contributed by atoms with E-state index in [0.29, 0.717) is 0 Å². The molecule has 2 fully saturated rings. The van der Waals surface area contributed by atoms with Gasteiger partial charge in [0.25, 0.3) is 0 Å². The maximum Gasteiger partial charge on any atom is 0.0562 e. The van der Waals surface area contributed by atoms with Crippen molar-refractivity contribution in [3.8, 4) is 0 Å². The second kappa shape index (κ2) is 1.17. The first kappa shape index (κ1) is 4.21. The van der Waals surface area contributed by atoms with E-state index in [2.05, 4.69) is 0 Å². The second-order valence-electron chi connectivity index (χ2n) is 2.34. The molecule has 0 aromatic carbocycles. The Morgan fingerprint density at radius 1 is 1.29 bits per heavy atom. The first-order chi connectivity index (χ1) is 3.36. The molecule has 2 rings (SSSR count). The van der Waals surface area contributed by atoms with E-state index in [1.807, 2.05) is 11.8 Å². The van der Waals surface area contributed by atoms with Crippen LogP contribution in [0.1, 0.15) is 12.8 Å². The van der Waals surface area contributed by atoms with Gasteiger partial charge in [-0.15, -0.1) is 0 Å². The molecule has 2 heteroatoms. The minimum absolute atomic E-state index is 0.0521. The first-order valence-electron chi connectivity index (χ1n) is 2.70. The van der Waals surface area contributed by atoms with E-state index in [4.69, 9.17) is 5.11 Å². The quantitative estimate of drug-likeness (QED) is 0.468. The van der Waals surface area contributed by atoms with Gasteiger partial charge in [0.15, 0.2) is 0 Å². The van der Waals surface area contributed by atoms with E-state index in [1.54, 1.807) is 0 Å². The fraction of sp³-hybridized carbons (Fsp3) is 1.00. The molecule has 0 spiro atoms. The summed E-state index contributed by atoms with van der Waals surface area (Å²) >= 11 is 2.02. The highest BCUT2D eigenvalue weighted by Crippen LogP contribution is 2.52. The van der Waals surface area contributed by atoms with Gasteiger partial charge in [-0.1, -0.05) is 0 Å². The monoisotopic (exact) mass is 116 g/mol. The lowest BCUT2D eigenvalue weighted by atomic mass is 10.3. The van der Waals surface area contributed by atoms with E-state index in [9.17, 15) is 0 Å². The lowest BCUT2D eigenvalue weighted by molar-refractivity contribution is 0.182. The largest absolute Gasteiger partial charge is 0.393 e. The molecule has 1 saturated carbocycles. The van der Waals surface area contributed by atoms with Crippen LogP contribution in [0.4, 0.5) is 0 Å². The highest BCUT2D eigenvalue weighted by Gasteiger charge is 2.46. The second-order valence-corrected chi connectivity index (χ2v) is 3.82. The SMILES string of the molecule is OC1CC2SC2C1. The maximum absolute atomic E-state index is 8.92. The van der Waals surface area contributed by atoms with Gasteiger partial charge in [0.05, 0.1) is 6.10 Å². The Kier molecular flexibility index (Phi) is 0.707. The van der Waals surface area contributed by atoms with Crippen molar-refractivity contribution >= 4 is 11.8 Å². The highest BCUT2D eigenvalue weighted by molar-refractivity contribution is 8.07. The summed E-state index contributed by atoms with van der Waals surface area (Å²) in [5, 5.41) is 10.6. The van der Waals surface area contributed by atoms with E-state index >= 15 is 0 Å². The molecule has 0 aromatic heterocycles. The lowest BCUT2D eigenvalue weighted by Crippen LogP contribution is -2.00. The van der Waals surface area contributed by atoms with Gasteiger partial charge in [0, 0.05) is 10.5 Å². The van der Waals surface area contributed by atoms with Crippen molar-refractivity contribution in [1.82, 2.24) is 0 Å². The number of hydrogen-bond acceptors (Lipinski definition) is 2. The lowest BCUT2D eigenvalue weighted by Gasteiger charge is -1.97. The van der Waals surface area contributed by atoms with Crippen LogP contribution in [0.3, 0.4) is 0 Å². The molecular weight excluding hydrogens is 108 g/mol. The Balaban J connectivity index is 2.02. The van der Waals surface area contributed by atoms with E-state index < -0.39 is 0 Å². The zero-order valence-electron chi connectivity index (χ0n) is 4.00. The molecule has 2 unspecified atom stereocenters. The molecule has 0 amide bonds. The van der Waals surface area contributed by atoms with Crippen LogP contribution in [0.5, 0.6) is 0 Å². The summed E-state index contributed by atoms with van der Waals surface area (Å²) in [5.41, 5.74) is 0. The zero-order chi connectivity index (χ0) is 4.85. The van der Waals surface area contributed by atoms with Gasteiger partial charge < -0.3 is 5.11 Å². The molecule has 1 heterocycles. The summed E-state index contributed by atoms with van der Waals surface area (Å²) in [5.74, 6) is 0. The van der Waals surface area contributed by atoms with Crippen LogP contribution in [-0.2, 0) is 0 Å². The molecule has 1 saturated heterocycles. The molecular formula is C5H8OS. The third-order valence-corrected chi connectivity index (χ3v) is 3.12. The Bertz CT molecular complexity index is 84.1. The third-order valence-electron chi connectivity index (χ3n) is 1.70. The van der Waals surface area contributed by atoms with Gasteiger partial charge in [0.1, 0.15) is 0 Å². The summed E-state index contributed by atoms with van der Waals surface area (Å²) in [6.07, 6.45) is 2.18. The van der Waals surface area contributed by atoms with Gasteiger partial charge in [-0.2, -0.15) is 11.8 Å². The van der Waals surface area contributed by atoms with Gasteiger partial charge in [-0.3, -0.25) is 0 Å². The van der Waals surface area contributed by atoms with Crippen LogP contribution in [0.25, 0.3) is 0 Å². The molecule has 1 nitrogen and oxygen atoms in total. The number of fused-ring (bicyclic) bond motifs is 1. The normalized spacial score (nSPS) is 57.0. The van der Waals surface area contributed by atoms with Crippen molar-refractivity contribution in [2.45, 2.75) is 29.4 Å². The molecule has 2 atom stereocenters. The average Bonchev–Trinajstić information content (AvgIpc) is 2.15. The predicted molar refractivity (Wildman–Crippen MR) is 30.4 cm³/mol. The average molecular weight is 116 g/mol. The van der Waals surface area contributed by atoms with Crippen molar-refractivity contribution in [3.05, 3.63) is 0 Å². The molecule has 0 bridgehead atoms. The number of rotatable bonds is 0. The Morgan fingerprint density at radius 2 is 1.86 bits per heavy atom. The topological polar surface area (TPSA) is 20.2 Å². The molecule has 40 valence electrons. The summed E-state index contributed by atoms with van der Waals surface area (Å²) in [6, 6.07) is 0. The summed E-state index contributed by atoms with van der Waals surface area (Å²) < 4.78 is 0. The highest BCUT2D eigenvalue weighted by atomic mass is 32.2. The van der Waals surface area contributed by atoms with Crippen LogP contribution in [0.2, 0.25) is 0 Å². The molecule has 1 aliphatic carbocycles. The van der Waals surface area contributed by atoms with Crippen LogP contribution in [0, 0.1) is 0 Å². The molecule has 0 aromatic rings. The Morgan fingerprint density at radius 3 is 2.14 bits per heavy atom. The number of thioether (sulfide) groups is 1. The molecule has 1 N–H and O–H groups in total. The minimum Gasteiger partial charge on any atom is -0.393 e. The van der Waals surface area contributed by atoms with Crippen molar-refractivity contribution in [2.24, 2.45) is 0 Å². The van der Waals surface area contributed by atoms with Crippen LogP contribution >= 0.6 is 11.8 Å². The Hall–Kier alpha value is 0.310. The summed E-state index contributed by atoms with van der Waals surface area (Å²) in [7, 11) is 0. The van der Waals surface area contributed by atoms with Crippen molar-refractivity contribution in [1.29, 1.82) is 0 Å². The van der Waals surface area contributed by atoms with Crippen LogP contribution in [-0.4, -0.2) is 21.7 Å². The number of aliphatic hydroxyl groups is 1. The first-order valence-corrected chi connectivity index (χ1v) is 3.64. The summed E-state index contributed by atoms with van der Waals surface area (Å²) in [4.78, 5) is 0. The number of aliphatic hydroxyl groups excluding tert-OH is 1. The van der Waals surface area contributed by atoms with Crippen molar-refractivity contribution < 1.29 is 5.11 Å². The predicted octanol–water partition coefficient (Wildman–Crippen LogP) is 0.625. The zero-order valence-corrected chi connectivity index (χ0v) is 4.82. The maximum atomic E-state index is 8.92. The van der Waals surface area contributed by atoms with E-state index in [0.717, 1.165) is 23.3 Å². The number of hydrogen-bond donors (Lipinski definition) is 1. The van der Waals surface area contributed by atoms with Gasteiger partial charge in [-0.05, 0) is 12.8 Å². The fourth-order valence-electron chi connectivity index (χ4n) is 1.23. The van der Waals surface area contributed by atoms with E-state index in [1.165, 1.54) is 0 Å². The summed E-state index contributed by atoms with van der Waals surface area (Å²) in [6.45, 7) is 0. The molecule has 7 heavy (non-hydrogen) atoms. The van der Waals surface area contributed by atoms with Gasteiger partial charge in [-0.25, -0.2) is 0 Å². The van der Waals surface area contributed by atoms with E-state index in [-0.39, 0.29) is 6.10 Å². The smallest absolute Gasteiger partial charge is 0.0562 e. The Labute approximate surface area is 47.1 Å². The van der Waals surface area contributed by atoms with Crippen LogP contribution in [0.15, 0.2) is 0 Å². The minimum atomic E-state index is 0.0521. The van der Waals surface area contributed by atoms with Crippen LogP contribution < -0.4 is 0 Å².